The molecule has 2 heterocycles. The number of para-hydroxylation sites is 2. The van der Waals surface area contributed by atoms with E-state index in [0.717, 1.165) is 11.4 Å². The number of rotatable bonds is 1. The fourth-order valence-corrected chi connectivity index (χ4v) is 3.74. The van der Waals surface area contributed by atoms with Crippen LogP contribution in [0.3, 0.4) is 0 Å². The molecular weight excluding hydrogens is 326 g/mol. The minimum atomic E-state index is -0.610. The average Bonchev–Trinajstić information content (AvgIpc) is 2.82. The van der Waals surface area contributed by atoms with Crippen molar-refractivity contribution in [3.63, 3.8) is 0 Å². The van der Waals surface area contributed by atoms with E-state index in [9.17, 15) is 9.59 Å². The van der Waals surface area contributed by atoms with Crippen molar-refractivity contribution in [2.75, 3.05) is 11.9 Å². The van der Waals surface area contributed by atoms with Crippen LogP contribution in [0.1, 0.15) is 29.8 Å². The molecule has 26 heavy (non-hydrogen) atoms. The van der Waals surface area contributed by atoms with Crippen LogP contribution in [0.15, 0.2) is 72.0 Å². The number of allylic oxidation sites excluding steroid dienone is 3. The second-order valence-corrected chi connectivity index (χ2v) is 7.05. The summed E-state index contributed by atoms with van der Waals surface area (Å²) in [4.78, 5) is 27.1. The second kappa shape index (κ2) is 5.70. The Morgan fingerprint density at radius 2 is 1.65 bits per heavy atom. The Morgan fingerprint density at radius 3 is 2.42 bits per heavy atom. The van der Waals surface area contributed by atoms with Crippen molar-refractivity contribution in [3.05, 3.63) is 83.1 Å². The van der Waals surface area contributed by atoms with E-state index < -0.39 is 5.97 Å². The molecule has 2 aliphatic heterocycles. The van der Waals surface area contributed by atoms with Gasteiger partial charge in [-0.05, 0) is 35.9 Å². The molecule has 0 N–H and O–H groups in total. The van der Waals surface area contributed by atoms with Gasteiger partial charge in [-0.2, -0.15) is 0 Å². The van der Waals surface area contributed by atoms with Crippen molar-refractivity contribution in [2.45, 2.75) is 19.3 Å². The maximum absolute atomic E-state index is 12.7. The van der Waals surface area contributed by atoms with E-state index in [4.69, 9.17) is 4.74 Å². The molecule has 0 radical (unpaired) electrons. The van der Waals surface area contributed by atoms with E-state index in [-0.39, 0.29) is 16.8 Å². The van der Waals surface area contributed by atoms with Gasteiger partial charge in [0.15, 0.2) is 0 Å². The topological polar surface area (TPSA) is 46.6 Å². The lowest BCUT2D eigenvalue weighted by atomic mass is 9.83. The predicted molar refractivity (Wildman–Crippen MR) is 100 cm³/mol. The van der Waals surface area contributed by atoms with Crippen LogP contribution >= 0.6 is 0 Å². The lowest BCUT2D eigenvalue weighted by Gasteiger charge is -2.24. The van der Waals surface area contributed by atoms with Crippen LogP contribution in [0, 0.1) is 0 Å². The number of nitrogens with zero attached hydrogens (tertiary/aromatic N) is 1. The summed E-state index contributed by atoms with van der Waals surface area (Å²) in [5.74, 6) is -0.593. The van der Waals surface area contributed by atoms with E-state index in [1.807, 2.05) is 25.3 Å². The van der Waals surface area contributed by atoms with E-state index in [0.29, 0.717) is 11.3 Å². The minimum Gasteiger partial charge on any atom is -0.422 e. The zero-order valence-corrected chi connectivity index (χ0v) is 14.9. The highest BCUT2D eigenvalue weighted by atomic mass is 16.5. The molecule has 0 aromatic heterocycles. The smallest absolute Gasteiger partial charge is 0.347 e. The predicted octanol–water partition coefficient (Wildman–Crippen LogP) is 4.03. The van der Waals surface area contributed by atoms with Gasteiger partial charge in [0.2, 0.25) is 5.78 Å². The number of esters is 1. The molecule has 0 fully saturated rings. The monoisotopic (exact) mass is 345 g/mol. The Balaban J connectivity index is 1.76. The van der Waals surface area contributed by atoms with E-state index in [1.54, 1.807) is 30.3 Å². The van der Waals surface area contributed by atoms with Crippen molar-refractivity contribution < 1.29 is 14.3 Å². The summed E-state index contributed by atoms with van der Waals surface area (Å²) >= 11 is 0. The first-order valence-electron chi connectivity index (χ1n) is 8.53. The zero-order valence-electron chi connectivity index (χ0n) is 14.9. The van der Waals surface area contributed by atoms with Gasteiger partial charge in [-0.25, -0.2) is 4.79 Å². The van der Waals surface area contributed by atoms with E-state index in [2.05, 4.69) is 30.9 Å². The van der Waals surface area contributed by atoms with Crippen molar-refractivity contribution in [2.24, 2.45) is 0 Å². The number of ketones is 1. The number of hydrogen-bond acceptors (Lipinski definition) is 4. The Kier molecular flexibility index (Phi) is 3.58. The second-order valence-electron chi connectivity index (χ2n) is 7.05. The number of fused-ring (bicyclic) bond motifs is 2. The van der Waals surface area contributed by atoms with Gasteiger partial charge in [-0.1, -0.05) is 44.2 Å². The minimum absolute atomic E-state index is 0.0522. The first kappa shape index (κ1) is 16.3. The molecule has 2 aromatic rings. The summed E-state index contributed by atoms with van der Waals surface area (Å²) in [5, 5.41) is 0. The van der Waals surface area contributed by atoms with Crippen LogP contribution < -0.4 is 9.64 Å². The van der Waals surface area contributed by atoms with E-state index in [1.165, 1.54) is 5.56 Å². The standard InChI is InChI=1S/C22H19NO3/c1-22(2)16-9-5-6-10-17(16)23(3)19(22)13-12-15-20(24)14-8-4-7-11-18(14)26-21(15)25/h4-13H,1-3H3/b15-12+,19-13-. The number of carbonyl (C=O) groups is 2. The SMILES string of the molecule is CN1/C(=C\C=C2\C(=O)Oc3ccccc3C2=O)C(C)(C)c2ccccc21. The number of likely N-dealkylation sites (N-methyl/N-ethyl adjacent to an activating group) is 1. The third-order valence-electron chi connectivity index (χ3n) is 5.15. The Labute approximate surface area is 152 Å². The molecule has 4 rings (SSSR count). The molecule has 2 aromatic carbocycles. The average molecular weight is 345 g/mol. The molecular formula is C22H19NO3. The molecule has 0 saturated carbocycles. The molecule has 0 spiro atoms. The Bertz CT molecular complexity index is 998. The molecule has 4 nitrogen and oxygen atoms in total. The summed E-state index contributed by atoms with van der Waals surface area (Å²) in [6.07, 6.45) is 3.43. The van der Waals surface area contributed by atoms with Gasteiger partial charge in [0, 0.05) is 23.8 Å². The number of ether oxygens (including phenoxy) is 1. The molecule has 0 aliphatic carbocycles. The van der Waals surface area contributed by atoms with Crippen molar-refractivity contribution >= 4 is 17.4 Å². The first-order valence-corrected chi connectivity index (χ1v) is 8.53. The van der Waals surface area contributed by atoms with E-state index >= 15 is 0 Å². The maximum Gasteiger partial charge on any atom is 0.347 e. The molecule has 4 heteroatoms. The quantitative estimate of drug-likeness (QED) is 0.339. The number of anilines is 1. The van der Waals surface area contributed by atoms with Crippen LogP contribution in [0.4, 0.5) is 5.69 Å². The van der Waals surface area contributed by atoms with Crippen LogP contribution in [-0.2, 0) is 10.2 Å². The fourth-order valence-electron chi connectivity index (χ4n) is 3.74. The maximum atomic E-state index is 12.7. The lowest BCUT2D eigenvalue weighted by Crippen LogP contribution is -2.26. The number of Topliss-reactive ketones (excluding diaryl/α,β-unsaturated/α-hetero) is 1. The van der Waals surface area contributed by atoms with Crippen molar-refractivity contribution in [1.29, 1.82) is 0 Å². The molecule has 130 valence electrons. The number of carbonyl (C=O) groups excluding carboxylic acids is 2. The summed E-state index contributed by atoms with van der Waals surface area (Å²) < 4.78 is 5.30. The van der Waals surface area contributed by atoms with Crippen LogP contribution in [0.2, 0.25) is 0 Å². The van der Waals surface area contributed by atoms with Gasteiger partial charge in [0.25, 0.3) is 0 Å². The number of benzene rings is 2. The third-order valence-corrected chi connectivity index (χ3v) is 5.15. The fraction of sp³-hybridized carbons (Fsp3) is 0.182. The summed E-state index contributed by atoms with van der Waals surface area (Å²) in [6.45, 7) is 4.27. The summed E-state index contributed by atoms with van der Waals surface area (Å²) in [6, 6.07) is 15.0. The highest BCUT2D eigenvalue weighted by Gasteiger charge is 2.38. The van der Waals surface area contributed by atoms with Crippen LogP contribution in [-0.4, -0.2) is 18.8 Å². The van der Waals surface area contributed by atoms with Gasteiger partial charge in [-0.15, -0.1) is 0 Å². The van der Waals surface area contributed by atoms with Crippen molar-refractivity contribution in [3.8, 4) is 5.75 Å². The molecule has 2 aliphatic rings. The largest absolute Gasteiger partial charge is 0.422 e. The van der Waals surface area contributed by atoms with Gasteiger partial charge >= 0.3 is 5.97 Å². The first-order chi connectivity index (χ1) is 12.4. The lowest BCUT2D eigenvalue weighted by molar-refractivity contribution is -0.130. The third kappa shape index (κ3) is 2.30. The number of hydrogen-bond donors (Lipinski definition) is 0. The van der Waals surface area contributed by atoms with Crippen molar-refractivity contribution in [1.82, 2.24) is 0 Å². The Morgan fingerprint density at radius 1 is 0.962 bits per heavy atom. The molecule has 0 bridgehead atoms. The summed E-state index contributed by atoms with van der Waals surface area (Å²) in [5.41, 5.74) is 3.61. The van der Waals surface area contributed by atoms with Gasteiger partial charge in [0.1, 0.15) is 11.3 Å². The van der Waals surface area contributed by atoms with Gasteiger partial charge in [0.05, 0.1) is 5.56 Å². The molecule has 0 saturated heterocycles. The molecule has 0 unspecified atom stereocenters. The Hall–Kier alpha value is -3.14. The summed E-state index contributed by atoms with van der Waals surface area (Å²) in [7, 11) is 1.99. The normalized spacial score (nSPS) is 21.0. The van der Waals surface area contributed by atoms with Crippen LogP contribution in [0.25, 0.3) is 0 Å². The molecule has 0 atom stereocenters. The van der Waals surface area contributed by atoms with Crippen LogP contribution in [0.5, 0.6) is 5.75 Å². The molecule has 0 amide bonds. The zero-order chi connectivity index (χ0) is 18.5. The van der Waals surface area contributed by atoms with Gasteiger partial charge in [-0.3, -0.25) is 4.79 Å². The highest BCUT2D eigenvalue weighted by Crippen LogP contribution is 2.46. The highest BCUT2D eigenvalue weighted by molar-refractivity contribution is 6.27. The van der Waals surface area contributed by atoms with Gasteiger partial charge < -0.3 is 9.64 Å².